The molecule has 0 radical (unpaired) electrons. The van der Waals surface area contributed by atoms with Crippen LogP contribution in [-0.4, -0.2) is 34.1 Å². The van der Waals surface area contributed by atoms with Gasteiger partial charge in [0.1, 0.15) is 0 Å². The van der Waals surface area contributed by atoms with Gasteiger partial charge in [0.05, 0.1) is 6.10 Å². The number of amides is 1. The van der Waals surface area contributed by atoms with E-state index in [0.29, 0.717) is 19.4 Å². The van der Waals surface area contributed by atoms with Gasteiger partial charge in [0.25, 0.3) is 0 Å². The van der Waals surface area contributed by atoms with Crippen molar-refractivity contribution in [3.63, 3.8) is 0 Å². The molecule has 1 heterocycles. The Hall–Kier alpha value is -0.570. The van der Waals surface area contributed by atoms with Crippen LogP contribution in [0.4, 0.5) is 0 Å². The van der Waals surface area contributed by atoms with Crippen LogP contribution in [0.2, 0.25) is 0 Å². The van der Waals surface area contributed by atoms with Gasteiger partial charge >= 0.3 is 0 Å². The van der Waals surface area contributed by atoms with Crippen LogP contribution in [0, 0.1) is 0 Å². The second kappa shape index (κ2) is 4.30. The van der Waals surface area contributed by atoms with E-state index in [9.17, 15) is 9.90 Å². The maximum Gasteiger partial charge on any atom is 0.222 e. The zero-order chi connectivity index (χ0) is 10.8. The molecular formula is C11H21NO2. The number of hydrogen-bond donors (Lipinski definition) is 1. The number of hydrogen-bond acceptors (Lipinski definition) is 2. The number of nitrogens with zero attached hydrogens (tertiary/aromatic N) is 1. The number of piperidine rings is 1. The predicted molar refractivity (Wildman–Crippen MR) is 55.9 cm³/mol. The summed E-state index contributed by atoms with van der Waals surface area (Å²) in [5.41, 5.74) is -0.177. The fourth-order valence-corrected chi connectivity index (χ4v) is 2.18. The Labute approximate surface area is 86.1 Å². The van der Waals surface area contributed by atoms with Crippen LogP contribution < -0.4 is 0 Å². The van der Waals surface area contributed by atoms with Crippen molar-refractivity contribution in [2.24, 2.45) is 0 Å². The van der Waals surface area contributed by atoms with Gasteiger partial charge in [-0.1, -0.05) is 6.92 Å². The number of aliphatic hydroxyl groups is 1. The van der Waals surface area contributed by atoms with Crippen molar-refractivity contribution in [3.8, 4) is 0 Å². The average molecular weight is 199 g/mol. The van der Waals surface area contributed by atoms with Crippen LogP contribution in [-0.2, 0) is 4.79 Å². The fraction of sp³-hybridized carbons (Fsp3) is 0.909. The molecule has 3 heteroatoms. The van der Waals surface area contributed by atoms with Crippen molar-refractivity contribution in [2.75, 3.05) is 6.54 Å². The number of rotatable bonds is 2. The highest BCUT2D eigenvalue weighted by molar-refractivity contribution is 5.77. The summed E-state index contributed by atoms with van der Waals surface area (Å²) >= 11 is 0. The quantitative estimate of drug-likeness (QED) is 0.733. The maximum absolute atomic E-state index is 11.8. The molecule has 1 N–H and O–H groups in total. The minimum atomic E-state index is -0.240. The normalized spacial score (nSPS) is 26.3. The van der Waals surface area contributed by atoms with E-state index in [2.05, 4.69) is 0 Å². The molecule has 3 nitrogen and oxygen atoms in total. The average Bonchev–Trinajstić information content (AvgIpc) is 2.01. The monoisotopic (exact) mass is 199 g/mol. The van der Waals surface area contributed by atoms with Crippen molar-refractivity contribution < 1.29 is 9.90 Å². The highest BCUT2D eigenvalue weighted by atomic mass is 16.3. The Bertz CT molecular complexity index is 213. The first kappa shape index (κ1) is 11.5. The van der Waals surface area contributed by atoms with E-state index >= 15 is 0 Å². The van der Waals surface area contributed by atoms with E-state index < -0.39 is 0 Å². The zero-order valence-corrected chi connectivity index (χ0v) is 9.42. The van der Waals surface area contributed by atoms with Crippen molar-refractivity contribution in [1.29, 1.82) is 0 Å². The molecule has 0 aromatic rings. The molecule has 0 spiro atoms. The summed E-state index contributed by atoms with van der Waals surface area (Å²) in [5.74, 6) is 0.226. The van der Waals surface area contributed by atoms with E-state index in [0.717, 1.165) is 12.8 Å². The van der Waals surface area contributed by atoms with Gasteiger partial charge in [-0.15, -0.1) is 0 Å². The third-order valence-electron chi connectivity index (χ3n) is 2.92. The molecule has 0 aliphatic carbocycles. The zero-order valence-electron chi connectivity index (χ0n) is 9.42. The van der Waals surface area contributed by atoms with Gasteiger partial charge in [0, 0.05) is 18.5 Å². The van der Waals surface area contributed by atoms with Gasteiger partial charge < -0.3 is 10.0 Å². The molecule has 14 heavy (non-hydrogen) atoms. The molecule has 1 fully saturated rings. The Balaban J connectivity index is 2.64. The lowest BCUT2D eigenvalue weighted by Gasteiger charge is -2.44. The molecule has 1 aliphatic rings. The SMILES string of the molecule is CCCC(=O)N1CCC(O)CC1(C)C. The summed E-state index contributed by atoms with van der Waals surface area (Å²) in [6, 6.07) is 0. The summed E-state index contributed by atoms with van der Waals surface area (Å²) in [5, 5.41) is 9.54. The van der Waals surface area contributed by atoms with Crippen molar-refractivity contribution >= 4 is 5.91 Å². The molecule has 1 amide bonds. The van der Waals surface area contributed by atoms with Crippen molar-refractivity contribution in [2.45, 2.75) is 58.1 Å². The molecule has 82 valence electrons. The lowest BCUT2D eigenvalue weighted by molar-refractivity contribution is -0.141. The lowest BCUT2D eigenvalue weighted by atomic mass is 9.88. The standard InChI is InChI=1S/C11H21NO2/c1-4-5-10(14)12-7-6-9(13)8-11(12,2)3/h9,13H,4-8H2,1-3H3. The number of carbonyl (C=O) groups is 1. The summed E-state index contributed by atoms with van der Waals surface area (Å²) < 4.78 is 0. The summed E-state index contributed by atoms with van der Waals surface area (Å²) in [6.45, 7) is 6.78. The first-order valence-electron chi connectivity index (χ1n) is 5.46. The van der Waals surface area contributed by atoms with E-state index in [1.54, 1.807) is 0 Å². The first-order chi connectivity index (χ1) is 6.47. The van der Waals surface area contributed by atoms with Crippen LogP contribution in [0.3, 0.4) is 0 Å². The van der Waals surface area contributed by atoms with Crippen LogP contribution >= 0.6 is 0 Å². The smallest absolute Gasteiger partial charge is 0.222 e. The van der Waals surface area contributed by atoms with Gasteiger partial charge in [-0.2, -0.15) is 0 Å². The van der Waals surface area contributed by atoms with Gasteiger partial charge in [0.15, 0.2) is 0 Å². The topological polar surface area (TPSA) is 40.5 Å². The summed E-state index contributed by atoms with van der Waals surface area (Å²) in [4.78, 5) is 13.7. The summed E-state index contributed by atoms with van der Waals surface area (Å²) in [7, 11) is 0. The molecule has 1 unspecified atom stereocenters. The van der Waals surface area contributed by atoms with Crippen LogP contribution in [0.25, 0.3) is 0 Å². The highest BCUT2D eigenvalue weighted by Gasteiger charge is 2.36. The molecule has 0 aromatic heterocycles. The molecule has 1 aliphatic heterocycles. The molecule has 0 saturated carbocycles. The summed E-state index contributed by atoms with van der Waals surface area (Å²) in [6.07, 6.45) is 2.70. The van der Waals surface area contributed by atoms with E-state index in [4.69, 9.17) is 0 Å². The fourth-order valence-electron chi connectivity index (χ4n) is 2.18. The Morgan fingerprint density at radius 2 is 2.21 bits per heavy atom. The molecule has 0 bridgehead atoms. The van der Waals surface area contributed by atoms with Crippen molar-refractivity contribution in [1.82, 2.24) is 4.90 Å². The molecule has 0 aromatic carbocycles. The largest absolute Gasteiger partial charge is 0.393 e. The molecule has 1 rings (SSSR count). The van der Waals surface area contributed by atoms with Crippen molar-refractivity contribution in [3.05, 3.63) is 0 Å². The van der Waals surface area contributed by atoms with Crippen LogP contribution in [0.15, 0.2) is 0 Å². The Morgan fingerprint density at radius 1 is 1.57 bits per heavy atom. The Kier molecular flexibility index (Phi) is 3.53. The van der Waals surface area contributed by atoms with Crippen LogP contribution in [0.5, 0.6) is 0 Å². The van der Waals surface area contributed by atoms with E-state index in [-0.39, 0.29) is 17.6 Å². The lowest BCUT2D eigenvalue weighted by Crippen LogP contribution is -2.54. The third-order valence-corrected chi connectivity index (χ3v) is 2.92. The number of carbonyl (C=O) groups excluding carboxylic acids is 1. The minimum Gasteiger partial charge on any atom is -0.393 e. The van der Waals surface area contributed by atoms with Gasteiger partial charge in [-0.3, -0.25) is 4.79 Å². The molecule has 1 saturated heterocycles. The maximum atomic E-state index is 11.8. The second-order valence-electron chi connectivity index (χ2n) is 4.75. The molecule has 1 atom stereocenters. The second-order valence-corrected chi connectivity index (χ2v) is 4.75. The first-order valence-corrected chi connectivity index (χ1v) is 5.46. The van der Waals surface area contributed by atoms with E-state index in [1.807, 2.05) is 25.7 Å². The number of aliphatic hydroxyl groups excluding tert-OH is 1. The minimum absolute atomic E-state index is 0.177. The van der Waals surface area contributed by atoms with Gasteiger partial charge in [-0.25, -0.2) is 0 Å². The highest BCUT2D eigenvalue weighted by Crippen LogP contribution is 2.28. The van der Waals surface area contributed by atoms with Crippen LogP contribution in [0.1, 0.15) is 46.5 Å². The van der Waals surface area contributed by atoms with Gasteiger partial charge in [0.2, 0.25) is 5.91 Å². The van der Waals surface area contributed by atoms with E-state index in [1.165, 1.54) is 0 Å². The number of likely N-dealkylation sites (tertiary alicyclic amines) is 1. The predicted octanol–water partition coefficient (Wildman–Crippen LogP) is 1.55. The molecular weight excluding hydrogens is 178 g/mol. The Morgan fingerprint density at radius 3 is 2.71 bits per heavy atom. The third kappa shape index (κ3) is 2.47. The van der Waals surface area contributed by atoms with Gasteiger partial charge in [-0.05, 0) is 33.1 Å².